The van der Waals surface area contributed by atoms with E-state index < -0.39 is 0 Å². The second-order valence-electron chi connectivity index (χ2n) is 6.48. The Labute approximate surface area is 110 Å². The van der Waals surface area contributed by atoms with Gasteiger partial charge in [-0.05, 0) is 25.2 Å². The Bertz CT molecular complexity index is 335. The van der Waals surface area contributed by atoms with Crippen LogP contribution in [0.25, 0.3) is 0 Å². The van der Waals surface area contributed by atoms with Gasteiger partial charge in [-0.2, -0.15) is 0 Å². The number of amides is 2. The fraction of sp³-hybridized carbons (Fsp3) is 0.857. The van der Waals surface area contributed by atoms with E-state index in [2.05, 4.69) is 33.0 Å². The molecular formula is C14H26N2O2. The average Bonchev–Trinajstić information content (AvgIpc) is 2.50. The van der Waals surface area contributed by atoms with Crippen molar-refractivity contribution in [3.63, 3.8) is 0 Å². The fourth-order valence-corrected chi connectivity index (χ4v) is 1.94. The number of likely N-dealkylation sites (tertiary alicyclic amines) is 1. The number of nitrogens with one attached hydrogen (secondary N) is 1. The van der Waals surface area contributed by atoms with Gasteiger partial charge in [0, 0.05) is 12.6 Å². The molecule has 0 radical (unpaired) electrons. The molecule has 18 heavy (non-hydrogen) atoms. The molecule has 1 atom stereocenters. The smallest absolute Gasteiger partial charge is 0.247 e. The van der Waals surface area contributed by atoms with E-state index in [0.717, 1.165) is 6.54 Å². The van der Waals surface area contributed by atoms with E-state index in [9.17, 15) is 9.59 Å². The first-order valence-corrected chi connectivity index (χ1v) is 6.76. The third-order valence-corrected chi connectivity index (χ3v) is 4.07. The van der Waals surface area contributed by atoms with Crippen LogP contribution in [0.3, 0.4) is 0 Å². The van der Waals surface area contributed by atoms with Crippen LogP contribution in [0, 0.1) is 11.3 Å². The van der Waals surface area contributed by atoms with E-state index in [-0.39, 0.29) is 29.3 Å². The summed E-state index contributed by atoms with van der Waals surface area (Å²) in [4.78, 5) is 25.2. The van der Waals surface area contributed by atoms with E-state index >= 15 is 0 Å². The molecule has 104 valence electrons. The lowest BCUT2D eigenvalue weighted by Crippen LogP contribution is -2.45. The monoisotopic (exact) mass is 254 g/mol. The van der Waals surface area contributed by atoms with Gasteiger partial charge < -0.3 is 5.32 Å². The summed E-state index contributed by atoms with van der Waals surface area (Å²) in [6.45, 7) is 13.2. The number of nitrogens with zero attached hydrogens (tertiary/aromatic N) is 1. The fourth-order valence-electron chi connectivity index (χ4n) is 1.94. The van der Waals surface area contributed by atoms with E-state index in [0.29, 0.717) is 12.3 Å². The second-order valence-corrected chi connectivity index (χ2v) is 6.48. The van der Waals surface area contributed by atoms with Crippen LogP contribution in [0.4, 0.5) is 0 Å². The average molecular weight is 254 g/mol. The zero-order valence-electron chi connectivity index (χ0n) is 12.4. The van der Waals surface area contributed by atoms with Crippen molar-refractivity contribution in [2.24, 2.45) is 11.3 Å². The van der Waals surface area contributed by atoms with E-state index in [1.54, 1.807) is 0 Å². The van der Waals surface area contributed by atoms with Gasteiger partial charge in [0.25, 0.3) is 0 Å². The molecule has 1 rings (SSSR count). The summed E-state index contributed by atoms with van der Waals surface area (Å²) in [5.74, 6) is 0.391. The molecular weight excluding hydrogens is 228 g/mol. The molecule has 0 spiro atoms. The SMILES string of the molecule is CC(C)N1C(=O)CC(NCC(C)(C)C(C)C)C1=O. The van der Waals surface area contributed by atoms with Crippen LogP contribution in [0.2, 0.25) is 0 Å². The molecule has 0 aromatic rings. The minimum absolute atomic E-state index is 0.0464. The van der Waals surface area contributed by atoms with Gasteiger partial charge >= 0.3 is 0 Å². The van der Waals surface area contributed by atoms with Crippen LogP contribution in [-0.2, 0) is 9.59 Å². The van der Waals surface area contributed by atoms with Crippen molar-refractivity contribution in [3.05, 3.63) is 0 Å². The zero-order chi connectivity index (χ0) is 14.1. The Morgan fingerprint density at radius 2 is 1.83 bits per heavy atom. The van der Waals surface area contributed by atoms with E-state index in [1.165, 1.54) is 4.90 Å². The van der Waals surface area contributed by atoms with Crippen LogP contribution in [0.15, 0.2) is 0 Å². The summed E-state index contributed by atoms with van der Waals surface area (Å²) >= 11 is 0. The van der Waals surface area contributed by atoms with Crippen LogP contribution >= 0.6 is 0 Å². The molecule has 0 saturated carbocycles. The molecule has 1 fully saturated rings. The van der Waals surface area contributed by atoms with Crippen molar-refractivity contribution in [1.82, 2.24) is 10.2 Å². The topological polar surface area (TPSA) is 49.4 Å². The predicted molar refractivity (Wildman–Crippen MR) is 72.0 cm³/mol. The Kier molecular flexibility index (Phi) is 4.54. The molecule has 1 N–H and O–H groups in total. The lowest BCUT2D eigenvalue weighted by molar-refractivity contribution is -0.140. The van der Waals surface area contributed by atoms with Gasteiger partial charge in [0.15, 0.2) is 0 Å². The minimum atomic E-state index is -0.335. The Hall–Kier alpha value is -0.900. The normalized spacial score (nSPS) is 21.6. The Morgan fingerprint density at radius 1 is 1.28 bits per heavy atom. The molecule has 0 bridgehead atoms. The first kappa shape index (κ1) is 15.2. The number of carbonyl (C=O) groups excluding carboxylic acids is 2. The van der Waals surface area contributed by atoms with Crippen molar-refractivity contribution in [3.8, 4) is 0 Å². The molecule has 0 aromatic carbocycles. The van der Waals surface area contributed by atoms with Crippen LogP contribution < -0.4 is 5.32 Å². The molecule has 1 unspecified atom stereocenters. The highest BCUT2D eigenvalue weighted by atomic mass is 16.2. The predicted octanol–water partition coefficient (Wildman–Crippen LogP) is 1.79. The van der Waals surface area contributed by atoms with Crippen molar-refractivity contribution in [2.45, 2.75) is 60.0 Å². The molecule has 0 aliphatic carbocycles. The molecule has 1 aliphatic rings. The molecule has 4 nitrogen and oxygen atoms in total. The number of hydrogen-bond donors (Lipinski definition) is 1. The maximum atomic E-state index is 12.1. The highest BCUT2D eigenvalue weighted by Crippen LogP contribution is 2.26. The number of rotatable bonds is 5. The minimum Gasteiger partial charge on any atom is -0.305 e. The maximum Gasteiger partial charge on any atom is 0.247 e. The summed E-state index contributed by atoms with van der Waals surface area (Å²) in [5, 5.41) is 3.26. The highest BCUT2D eigenvalue weighted by molar-refractivity contribution is 6.05. The van der Waals surface area contributed by atoms with Crippen molar-refractivity contribution >= 4 is 11.8 Å². The van der Waals surface area contributed by atoms with Crippen LogP contribution in [0.5, 0.6) is 0 Å². The molecule has 1 saturated heterocycles. The summed E-state index contributed by atoms with van der Waals surface area (Å²) in [6, 6.07) is -0.382. The van der Waals surface area contributed by atoms with Crippen molar-refractivity contribution in [2.75, 3.05) is 6.54 Å². The zero-order valence-corrected chi connectivity index (χ0v) is 12.4. The Balaban J connectivity index is 2.61. The number of carbonyl (C=O) groups is 2. The second kappa shape index (κ2) is 5.39. The van der Waals surface area contributed by atoms with Crippen molar-refractivity contribution in [1.29, 1.82) is 0 Å². The first-order valence-electron chi connectivity index (χ1n) is 6.76. The standard InChI is InChI=1S/C14H26N2O2/c1-9(2)14(5,6)8-15-11-7-12(17)16(10(3)4)13(11)18/h9-11,15H,7-8H2,1-6H3. The third kappa shape index (κ3) is 3.10. The quantitative estimate of drug-likeness (QED) is 0.761. The molecule has 2 amide bonds. The van der Waals surface area contributed by atoms with Gasteiger partial charge in [-0.3, -0.25) is 14.5 Å². The lowest BCUT2D eigenvalue weighted by Gasteiger charge is -2.30. The van der Waals surface area contributed by atoms with Gasteiger partial charge in [0.1, 0.15) is 0 Å². The van der Waals surface area contributed by atoms with Crippen LogP contribution in [-0.4, -0.2) is 35.3 Å². The molecule has 1 heterocycles. The van der Waals surface area contributed by atoms with Gasteiger partial charge in [0.2, 0.25) is 11.8 Å². The molecule has 4 heteroatoms. The molecule has 0 aromatic heterocycles. The largest absolute Gasteiger partial charge is 0.305 e. The number of imide groups is 1. The summed E-state index contributed by atoms with van der Waals surface area (Å²) in [5.41, 5.74) is 0.120. The van der Waals surface area contributed by atoms with Crippen LogP contribution in [0.1, 0.15) is 48.0 Å². The van der Waals surface area contributed by atoms with Gasteiger partial charge in [-0.15, -0.1) is 0 Å². The third-order valence-electron chi connectivity index (χ3n) is 4.07. The number of hydrogen-bond acceptors (Lipinski definition) is 3. The van der Waals surface area contributed by atoms with Gasteiger partial charge in [-0.1, -0.05) is 27.7 Å². The van der Waals surface area contributed by atoms with Crippen molar-refractivity contribution < 1.29 is 9.59 Å². The van der Waals surface area contributed by atoms with E-state index in [1.807, 2.05) is 13.8 Å². The lowest BCUT2D eigenvalue weighted by atomic mass is 9.81. The summed E-state index contributed by atoms with van der Waals surface area (Å²) < 4.78 is 0. The van der Waals surface area contributed by atoms with Gasteiger partial charge in [-0.25, -0.2) is 0 Å². The highest BCUT2D eigenvalue weighted by Gasteiger charge is 2.40. The summed E-state index contributed by atoms with van der Waals surface area (Å²) in [7, 11) is 0. The van der Waals surface area contributed by atoms with E-state index in [4.69, 9.17) is 0 Å². The Morgan fingerprint density at radius 3 is 2.22 bits per heavy atom. The maximum absolute atomic E-state index is 12.1. The van der Waals surface area contributed by atoms with Gasteiger partial charge in [0.05, 0.1) is 12.5 Å². The first-order chi connectivity index (χ1) is 8.16. The summed E-state index contributed by atoms with van der Waals surface area (Å²) in [6.07, 6.45) is 0.297. The molecule has 1 aliphatic heterocycles.